The molecule has 0 aliphatic rings. The molecule has 6 nitrogen and oxygen atoms in total. The van der Waals surface area contributed by atoms with Crippen LogP contribution in [-0.2, 0) is 14.8 Å². The second-order valence-electron chi connectivity index (χ2n) is 4.80. The van der Waals surface area contributed by atoms with Crippen molar-refractivity contribution in [3.8, 4) is 0 Å². The molecular weight excluding hydrogens is 256 g/mol. The molecule has 0 saturated heterocycles. The van der Waals surface area contributed by atoms with Gasteiger partial charge in [0, 0.05) is 5.69 Å². The Labute approximate surface area is 106 Å². The smallest absolute Gasteiger partial charge is 0.340 e. The lowest BCUT2D eigenvalue weighted by molar-refractivity contribution is 0.00652. The summed E-state index contributed by atoms with van der Waals surface area (Å²) < 4.78 is 27.8. The Morgan fingerprint density at radius 1 is 1.28 bits per heavy atom. The number of ether oxygens (including phenoxy) is 1. The number of nitrogen functional groups attached to an aromatic ring is 1. The van der Waals surface area contributed by atoms with E-state index < -0.39 is 21.6 Å². The third-order valence-electron chi connectivity index (χ3n) is 1.93. The molecule has 0 saturated carbocycles. The highest BCUT2D eigenvalue weighted by molar-refractivity contribution is 7.89. The summed E-state index contributed by atoms with van der Waals surface area (Å²) in [6.45, 7) is 5.02. The van der Waals surface area contributed by atoms with Crippen LogP contribution in [0.25, 0.3) is 0 Å². The maximum absolute atomic E-state index is 11.9. The lowest BCUT2D eigenvalue weighted by Crippen LogP contribution is -2.26. The molecule has 1 aromatic carbocycles. The molecule has 0 aliphatic heterocycles. The van der Waals surface area contributed by atoms with Gasteiger partial charge in [-0.2, -0.15) is 0 Å². The van der Waals surface area contributed by atoms with Crippen molar-refractivity contribution in [3.63, 3.8) is 0 Å². The molecule has 7 heteroatoms. The monoisotopic (exact) mass is 272 g/mol. The molecule has 0 aromatic heterocycles. The van der Waals surface area contributed by atoms with Gasteiger partial charge in [-0.25, -0.2) is 18.4 Å². The van der Waals surface area contributed by atoms with Gasteiger partial charge in [-0.1, -0.05) is 0 Å². The minimum atomic E-state index is -4.01. The third kappa shape index (κ3) is 3.71. The van der Waals surface area contributed by atoms with Crippen LogP contribution in [0.15, 0.2) is 23.1 Å². The van der Waals surface area contributed by atoms with Crippen LogP contribution in [0.1, 0.15) is 31.1 Å². The molecule has 18 heavy (non-hydrogen) atoms. The summed E-state index contributed by atoms with van der Waals surface area (Å²) >= 11 is 0. The summed E-state index contributed by atoms with van der Waals surface area (Å²) in [5.41, 5.74) is 4.88. The summed E-state index contributed by atoms with van der Waals surface area (Å²) in [6, 6.07) is 3.77. The van der Waals surface area contributed by atoms with Crippen LogP contribution in [0.4, 0.5) is 5.69 Å². The number of carbonyl (C=O) groups excluding carboxylic acids is 1. The van der Waals surface area contributed by atoms with Crippen LogP contribution in [0.5, 0.6) is 0 Å². The van der Waals surface area contributed by atoms with Crippen LogP contribution >= 0.6 is 0 Å². The molecule has 0 spiro atoms. The van der Waals surface area contributed by atoms with E-state index in [9.17, 15) is 13.2 Å². The molecule has 0 unspecified atom stereocenters. The van der Waals surface area contributed by atoms with Crippen LogP contribution in [0.2, 0.25) is 0 Å². The number of anilines is 1. The lowest BCUT2D eigenvalue weighted by atomic mass is 10.1. The zero-order valence-electron chi connectivity index (χ0n) is 10.4. The van der Waals surface area contributed by atoms with E-state index in [0.29, 0.717) is 0 Å². The predicted molar refractivity (Wildman–Crippen MR) is 67.4 cm³/mol. The van der Waals surface area contributed by atoms with Crippen molar-refractivity contribution in [1.29, 1.82) is 0 Å². The van der Waals surface area contributed by atoms with Crippen LogP contribution < -0.4 is 10.9 Å². The number of benzene rings is 1. The number of primary sulfonamides is 1. The Hall–Kier alpha value is -1.60. The van der Waals surface area contributed by atoms with Crippen molar-refractivity contribution < 1.29 is 17.9 Å². The van der Waals surface area contributed by atoms with E-state index in [4.69, 9.17) is 15.6 Å². The standard InChI is InChI=1S/C11H16N2O4S/c1-11(2,3)17-10(14)8-6-7(12)4-5-9(8)18(13,15)16/h4-6H,12H2,1-3H3,(H2,13,15,16). The van der Waals surface area contributed by atoms with Gasteiger partial charge < -0.3 is 10.5 Å². The van der Waals surface area contributed by atoms with Gasteiger partial charge in [0.2, 0.25) is 10.0 Å². The molecule has 0 bridgehead atoms. The number of rotatable bonds is 2. The largest absolute Gasteiger partial charge is 0.456 e. The SMILES string of the molecule is CC(C)(C)OC(=O)c1cc(N)ccc1S(N)(=O)=O. The van der Waals surface area contributed by atoms with Crippen LogP contribution in [-0.4, -0.2) is 20.0 Å². The van der Waals surface area contributed by atoms with Gasteiger partial charge in [-0.15, -0.1) is 0 Å². The Kier molecular flexibility index (Phi) is 3.68. The van der Waals surface area contributed by atoms with E-state index in [1.807, 2.05) is 0 Å². The third-order valence-corrected chi connectivity index (χ3v) is 2.90. The fourth-order valence-corrected chi connectivity index (χ4v) is 1.99. The van der Waals surface area contributed by atoms with E-state index in [0.717, 1.165) is 0 Å². The van der Waals surface area contributed by atoms with E-state index in [-0.39, 0.29) is 16.1 Å². The van der Waals surface area contributed by atoms with Gasteiger partial charge in [-0.3, -0.25) is 0 Å². The first-order valence-corrected chi connectivity index (χ1v) is 6.71. The molecule has 4 N–H and O–H groups in total. The highest BCUT2D eigenvalue weighted by Crippen LogP contribution is 2.21. The second-order valence-corrected chi connectivity index (χ2v) is 6.33. The Morgan fingerprint density at radius 2 is 1.83 bits per heavy atom. The van der Waals surface area contributed by atoms with Crippen molar-refractivity contribution in [2.45, 2.75) is 31.3 Å². The minimum absolute atomic E-state index is 0.160. The fraction of sp³-hybridized carbons (Fsp3) is 0.364. The highest BCUT2D eigenvalue weighted by Gasteiger charge is 2.24. The Balaban J connectivity index is 3.31. The molecule has 100 valence electrons. The average molecular weight is 272 g/mol. The topological polar surface area (TPSA) is 112 Å². The van der Waals surface area contributed by atoms with Gasteiger partial charge >= 0.3 is 5.97 Å². The number of hydrogen-bond donors (Lipinski definition) is 2. The molecule has 0 aliphatic carbocycles. The van der Waals surface area contributed by atoms with Gasteiger partial charge in [0.1, 0.15) is 5.60 Å². The van der Waals surface area contributed by atoms with Gasteiger partial charge in [-0.05, 0) is 39.0 Å². The first-order chi connectivity index (χ1) is 8.00. The summed E-state index contributed by atoms with van der Waals surface area (Å²) in [4.78, 5) is 11.6. The average Bonchev–Trinajstić information content (AvgIpc) is 2.12. The molecule has 0 fully saturated rings. The van der Waals surface area contributed by atoms with Crippen LogP contribution in [0, 0.1) is 0 Å². The summed E-state index contributed by atoms with van der Waals surface area (Å²) in [6.07, 6.45) is 0. The van der Waals surface area contributed by atoms with E-state index in [1.165, 1.54) is 18.2 Å². The lowest BCUT2D eigenvalue weighted by Gasteiger charge is -2.20. The zero-order valence-corrected chi connectivity index (χ0v) is 11.2. The molecule has 0 heterocycles. The first-order valence-electron chi connectivity index (χ1n) is 5.16. The molecule has 1 rings (SSSR count). The fourth-order valence-electron chi connectivity index (χ4n) is 1.29. The second kappa shape index (κ2) is 4.58. The molecular formula is C11H16N2O4S. The van der Waals surface area contributed by atoms with Crippen molar-refractivity contribution in [3.05, 3.63) is 23.8 Å². The molecule has 0 atom stereocenters. The number of hydrogen-bond acceptors (Lipinski definition) is 5. The number of esters is 1. The number of nitrogens with two attached hydrogens (primary N) is 2. The van der Waals surface area contributed by atoms with Crippen molar-refractivity contribution in [2.75, 3.05) is 5.73 Å². The van der Waals surface area contributed by atoms with Gasteiger partial charge in [0.05, 0.1) is 10.5 Å². The minimum Gasteiger partial charge on any atom is -0.456 e. The zero-order chi connectivity index (χ0) is 14.1. The van der Waals surface area contributed by atoms with Gasteiger partial charge in [0.25, 0.3) is 0 Å². The summed E-state index contributed by atoms with van der Waals surface area (Å²) in [7, 11) is -4.01. The Morgan fingerprint density at radius 3 is 2.28 bits per heavy atom. The molecule has 1 aromatic rings. The molecule has 0 radical (unpaired) electrons. The maximum atomic E-state index is 11.9. The first kappa shape index (κ1) is 14.5. The highest BCUT2D eigenvalue weighted by atomic mass is 32.2. The normalized spacial score (nSPS) is 12.2. The quantitative estimate of drug-likeness (QED) is 0.612. The number of sulfonamides is 1. The van der Waals surface area contributed by atoms with Crippen molar-refractivity contribution in [1.82, 2.24) is 0 Å². The molecule has 0 amide bonds. The van der Waals surface area contributed by atoms with Gasteiger partial charge in [0.15, 0.2) is 0 Å². The summed E-state index contributed by atoms with van der Waals surface area (Å²) in [5, 5.41) is 5.03. The summed E-state index contributed by atoms with van der Waals surface area (Å²) in [5.74, 6) is -0.779. The predicted octanol–water partition coefficient (Wildman–Crippen LogP) is 0.872. The van der Waals surface area contributed by atoms with Crippen molar-refractivity contribution >= 4 is 21.7 Å². The number of carbonyl (C=O) groups is 1. The van der Waals surface area contributed by atoms with Crippen molar-refractivity contribution in [2.24, 2.45) is 5.14 Å². The Bertz CT molecular complexity index is 573. The van der Waals surface area contributed by atoms with Crippen LogP contribution in [0.3, 0.4) is 0 Å². The van der Waals surface area contributed by atoms with E-state index in [1.54, 1.807) is 20.8 Å². The van der Waals surface area contributed by atoms with E-state index >= 15 is 0 Å². The maximum Gasteiger partial charge on any atom is 0.340 e. The van der Waals surface area contributed by atoms with E-state index in [2.05, 4.69) is 0 Å².